The van der Waals surface area contributed by atoms with Gasteiger partial charge in [-0.05, 0) is 25.7 Å². The van der Waals surface area contributed by atoms with Crippen molar-refractivity contribution in [1.82, 2.24) is 0 Å². The minimum Gasteiger partial charge on any atom is -0.394 e. The molecule has 0 aliphatic carbocycles. The summed E-state index contributed by atoms with van der Waals surface area (Å²) >= 11 is 6.48. The molecule has 0 fully saturated rings. The predicted octanol–water partition coefficient (Wildman–Crippen LogP) is 1.37. The Labute approximate surface area is 93.9 Å². The lowest BCUT2D eigenvalue weighted by Gasteiger charge is -2.20. The Bertz CT molecular complexity index is 181. The van der Waals surface area contributed by atoms with Gasteiger partial charge in [-0.25, -0.2) is 0 Å². The number of hydrogen-bond donors (Lipinski definition) is 2. The Morgan fingerprint density at radius 2 is 1.86 bits per heavy atom. The molecule has 0 aliphatic rings. The van der Waals surface area contributed by atoms with Crippen molar-refractivity contribution in [3.05, 3.63) is 0 Å². The van der Waals surface area contributed by atoms with Gasteiger partial charge in [-0.1, -0.05) is 11.4 Å². The third-order valence-corrected chi connectivity index (χ3v) is 6.82. The summed E-state index contributed by atoms with van der Waals surface area (Å²) in [5.41, 5.74) is -2.31. The molecule has 7 heteroatoms. The van der Waals surface area contributed by atoms with E-state index in [-0.39, 0.29) is 6.61 Å². The van der Waals surface area contributed by atoms with E-state index < -0.39 is 11.8 Å². The third kappa shape index (κ3) is 6.35. The molecule has 0 amide bonds. The molecule has 0 spiro atoms. The highest BCUT2D eigenvalue weighted by Gasteiger charge is 2.20. The van der Waals surface area contributed by atoms with Crippen LogP contribution in [0, 0.1) is 0 Å². The maximum atomic E-state index is 9.15. The van der Waals surface area contributed by atoms with E-state index in [2.05, 4.69) is 0 Å². The van der Waals surface area contributed by atoms with Crippen LogP contribution in [0.1, 0.15) is 13.8 Å². The van der Waals surface area contributed by atoms with Gasteiger partial charge in [0.05, 0.1) is 25.9 Å². The van der Waals surface area contributed by atoms with Crippen LogP contribution in [0.5, 0.6) is 0 Å². The van der Waals surface area contributed by atoms with Gasteiger partial charge in [0.1, 0.15) is 0 Å². The molecule has 4 nitrogen and oxygen atoms in total. The molecule has 0 heterocycles. The van der Waals surface area contributed by atoms with E-state index in [0.29, 0.717) is 19.0 Å². The first-order chi connectivity index (χ1) is 6.58. The van der Waals surface area contributed by atoms with Crippen LogP contribution >= 0.6 is 17.1 Å². The van der Waals surface area contributed by atoms with Crippen molar-refractivity contribution in [2.24, 2.45) is 0 Å². The Kier molecular flexibility index (Phi) is 8.53. The van der Waals surface area contributed by atoms with E-state index in [1.54, 1.807) is 0 Å². The monoisotopic (exact) mass is 260 g/mol. The van der Waals surface area contributed by atoms with Crippen LogP contribution in [0.25, 0.3) is 0 Å². The number of aliphatic hydroxyl groups excluding tert-OH is 2. The standard InChI is InChI=1S/C7H17O4PS2/c1-3-10-12(13,11-4-2)14-6-7(9)5-8/h7-9H,3-6H2,1-2H3/t7-/m0/s1. The number of hydrogen-bond acceptors (Lipinski definition) is 6. The fourth-order valence-electron chi connectivity index (χ4n) is 0.658. The highest BCUT2D eigenvalue weighted by molar-refractivity contribution is 8.67. The molecular formula is C7H17O4PS2. The van der Waals surface area contributed by atoms with Crippen molar-refractivity contribution in [3.8, 4) is 0 Å². The van der Waals surface area contributed by atoms with Crippen molar-refractivity contribution in [3.63, 3.8) is 0 Å². The summed E-state index contributed by atoms with van der Waals surface area (Å²) in [4.78, 5) is 0. The Morgan fingerprint density at radius 3 is 2.21 bits per heavy atom. The van der Waals surface area contributed by atoms with Gasteiger partial charge in [0, 0.05) is 5.75 Å². The predicted molar refractivity (Wildman–Crippen MR) is 63.1 cm³/mol. The van der Waals surface area contributed by atoms with Gasteiger partial charge >= 0.3 is 0 Å². The quantitative estimate of drug-likeness (QED) is 0.643. The average molecular weight is 260 g/mol. The normalized spacial score (nSPS) is 14.3. The molecule has 0 saturated heterocycles. The highest BCUT2D eigenvalue weighted by Crippen LogP contribution is 2.60. The van der Waals surface area contributed by atoms with E-state index in [0.717, 1.165) is 0 Å². The van der Waals surface area contributed by atoms with E-state index in [4.69, 9.17) is 31.1 Å². The summed E-state index contributed by atoms with van der Waals surface area (Å²) in [5.74, 6) is 0.341. The van der Waals surface area contributed by atoms with Crippen molar-refractivity contribution in [2.45, 2.75) is 20.0 Å². The summed E-state index contributed by atoms with van der Waals surface area (Å²) in [6.07, 6.45) is -0.761. The van der Waals surface area contributed by atoms with Gasteiger partial charge in [0.2, 0.25) is 5.69 Å². The van der Waals surface area contributed by atoms with E-state index >= 15 is 0 Å². The highest BCUT2D eigenvalue weighted by atomic mass is 32.9. The Balaban J connectivity index is 4.02. The van der Waals surface area contributed by atoms with Gasteiger partial charge < -0.3 is 19.3 Å². The molecule has 0 aliphatic heterocycles. The van der Waals surface area contributed by atoms with Gasteiger partial charge in [0.15, 0.2) is 0 Å². The van der Waals surface area contributed by atoms with Gasteiger partial charge in [-0.15, -0.1) is 0 Å². The molecule has 2 N–H and O–H groups in total. The zero-order valence-corrected chi connectivity index (χ0v) is 10.9. The molecule has 1 atom stereocenters. The van der Waals surface area contributed by atoms with Crippen LogP contribution in [0.15, 0.2) is 0 Å². The van der Waals surface area contributed by atoms with E-state index in [1.165, 1.54) is 11.4 Å². The second-order valence-electron chi connectivity index (χ2n) is 2.41. The van der Waals surface area contributed by atoms with Crippen LogP contribution in [0.4, 0.5) is 0 Å². The first-order valence-corrected chi connectivity index (χ1v) is 8.63. The van der Waals surface area contributed by atoms with Crippen LogP contribution < -0.4 is 0 Å². The van der Waals surface area contributed by atoms with Gasteiger partial charge in [-0.3, -0.25) is 0 Å². The van der Waals surface area contributed by atoms with Crippen molar-refractivity contribution >= 4 is 28.9 Å². The first kappa shape index (κ1) is 14.8. The van der Waals surface area contributed by atoms with Crippen molar-refractivity contribution < 1.29 is 19.3 Å². The summed E-state index contributed by atoms with van der Waals surface area (Å²) in [6, 6.07) is 0. The topological polar surface area (TPSA) is 58.9 Å². The molecule has 0 saturated carbocycles. The lowest BCUT2D eigenvalue weighted by Crippen LogP contribution is -2.14. The molecular weight excluding hydrogens is 243 g/mol. The maximum Gasteiger partial charge on any atom is 0.247 e. The van der Waals surface area contributed by atoms with Crippen molar-refractivity contribution in [2.75, 3.05) is 25.6 Å². The maximum absolute atomic E-state index is 9.15. The second-order valence-corrected chi connectivity index (χ2v) is 8.77. The van der Waals surface area contributed by atoms with E-state index in [9.17, 15) is 0 Å². The van der Waals surface area contributed by atoms with Gasteiger partial charge in [0.25, 0.3) is 0 Å². The summed E-state index contributed by atoms with van der Waals surface area (Å²) in [5, 5.41) is 17.8. The lowest BCUT2D eigenvalue weighted by molar-refractivity contribution is 0.113. The smallest absolute Gasteiger partial charge is 0.247 e. The Morgan fingerprint density at radius 1 is 1.36 bits per heavy atom. The molecule has 0 unspecified atom stereocenters. The molecule has 0 aromatic rings. The Hall–Kier alpha value is 0.840. The van der Waals surface area contributed by atoms with Crippen LogP contribution in [-0.4, -0.2) is 41.9 Å². The number of rotatable bonds is 8. The molecule has 86 valence electrons. The third-order valence-electron chi connectivity index (χ3n) is 1.21. The molecule has 0 aromatic heterocycles. The molecule has 14 heavy (non-hydrogen) atoms. The second kappa shape index (κ2) is 8.05. The SMILES string of the molecule is CCOP(=S)(OCC)SC[C@@H](O)CO. The van der Waals surface area contributed by atoms with Crippen LogP contribution in [0.3, 0.4) is 0 Å². The zero-order chi connectivity index (χ0) is 11.0. The minimum atomic E-state index is -2.31. The fourth-order valence-corrected chi connectivity index (χ4v) is 5.30. The summed E-state index contributed by atoms with van der Waals surface area (Å²) < 4.78 is 10.7. The number of aliphatic hydroxyl groups is 2. The molecule has 0 bridgehead atoms. The average Bonchev–Trinajstić information content (AvgIpc) is 2.15. The molecule has 0 radical (unpaired) electrons. The van der Waals surface area contributed by atoms with Crippen LogP contribution in [0.2, 0.25) is 0 Å². The first-order valence-electron chi connectivity index (χ1n) is 4.40. The molecule has 0 aromatic carbocycles. The van der Waals surface area contributed by atoms with Crippen LogP contribution in [-0.2, 0) is 20.9 Å². The molecule has 0 rings (SSSR count). The summed E-state index contributed by atoms with van der Waals surface area (Å²) in [6.45, 7) is 4.44. The summed E-state index contributed by atoms with van der Waals surface area (Å²) in [7, 11) is 0. The fraction of sp³-hybridized carbons (Fsp3) is 1.00. The van der Waals surface area contributed by atoms with Gasteiger partial charge in [-0.2, -0.15) is 0 Å². The largest absolute Gasteiger partial charge is 0.394 e. The lowest BCUT2D eigenvalue weighted by atomic mass is 10.4. The minimum absolute atomic E-state index is 0.263. The zero-order valence-electron chi connectivity index (χ0n) is 8.38. The van der Waals surface area contributed by atoms with Crippen molar-refractivity contribution in [1.29, 1.82) is 0 Å². The van der Waals surface area contributed by atoms with E-state index in [1.807, 2.05) is 13.8 Å².